The van der Waals surface area contributed by atoms with Crippen LogP contribution in [-0.4, -0.2) is 39.2 Å². The van der Waals surface area contributed by atoms with E-state index in [0.29, 0.717) is 17.1 Å². The number of ether oxygens (including phenoxy) is 1. The standard InChI is InChI=1S/C22H24N2O4S/c1-6-28-21(26)16-7-9-18(10-8-16)24-14(4)11-17(15(24)5)12-19-20(25)23(13(2)3)22(27)29-19/h7-13H,6H2,1-5H3. The molecule has 0 unspecified atom stereocenters. The molecule has 1 aromatic heterocycles. The first-order valence-corrected chi connectivity index (χ1v) is 10.3. The van der Waals surface area contributed by atoms with E-state index in [1.165, 1.54) is 4.90 Å². The molecule has 152 valence electrons. The van der Waals surface area contributed by atoms with Crippen LogP contribution in [0.1, 0.15) is 48.1 Å². The molecule has 0 radical (unpaired) electrons. The average molecular weight is 413 g/mol. The summed E-state index contributed by atoms with van der Waals surface area (Å²) in [5.74, 6) is -0.597. The Morgan fingerprint density at radius 2 is 1.83 bits per heavy atom. The first-order valence-electron chi connectivity index (χ1n) is 9.48. The summed E-state index contributed by atoms with van der Waals surface area (Å²) in [6, 6.07) is 9.02. The molecule has 1 aliphatic rings. The number of carbonyl (C=O) groups excluding carboxylic acids is 3. The number of benzene rings is 1. The topological polar surface area (TPSA) is 68.6 Å². The summed E-state index contributed by atoms with van der Waals surface area (Å²) in [7, 11) is 0. The van der Waals surface area contributed by atoms with Crippen LogP contribution in [0.25, 0.3) is 11.8 Å². The highest BCUT2D eigenvalue weighted by molar-refractivity contribution is 8.18. The summed E-state index contributed by atoms with van der Waals surface area (Å²) < 4.78 is 7.07. The van der Waals surface area contributed by atoms with Crippen LogP contribution in [0.5, 0.6) is 0 Å². The third-order valence-corrected chi connectivity index (χ3v) is 5.62. The van der Waals surface area contributed by atoms with E-state index in [2.05, 4.69) is 0 Å². The maximum Gasteiger partial charge on any atom is 0.338 e. The average Bonchev–Trinajstić information content (AvgIpc) is 3.10. The third-order valence-electron chi connectivity index (χ3n) is 4.73. The van der Waals surface area contributed by atoms with Gasteiger partial charge in [0, 0.05) is 23.1 Å². The quantitative estimate of drug-likeness (QED) is 0.525. The van der Waals surface area contributed by atoms with Crippen LogP contribution in [0.4, 0.5) is 4.79 Å². The zero-order valence-electron chi connectivity index (χ0n) is 17.2. The number of amides is 2. The first-order chi connectivity index (χ1) is 13.7. The van der Waals surface area contributed by atoms with E-state index >= 15 is 0 Å². The molecule has 3 rings (SSSR count). The molecule has 6 nitrogen and oxygen atoms in total. The lowest BCUT2D eigenvalue weighted by Crippen LogP contribution is -2.34. The number of imide groups is 1. The van der Waals surface area contributed by atoms with Gasteiger partial charge < -0.3 is 9.30 Å². The van der Waals surface area contributed by atoms with Crippen molar-refractivity contribution in [3.8, 4) is 5.69 Å². The highest BCUT2D eigenvalue weighted by Crippen LogP contribution is 2.34. The van der Waals surface area contributed by atoms with Gasteiger partial charge in [0.15, 0.2) is 0 Å². The maximum atomic E-state index is 12.6. The molecule has 2 aromatic rings. The molecule has 1 fully saturated rings. The highest BCUT2D eigenvalue weighted by Gasteiger charge is 2.36. The Morgan fingerprint density at radius 1 is 1.17 bits per heavy atom. The Bertz CT molecular complexity index is 1000. The Kier molecular flexibility index (Phi) is 5.98. The monoisotopic (exact) mass is 412 g/mol. The molecule has 1 aromatic carbocycles. The smallest absolute Gasteiger partial charge is 0.338 e. The Hall–Kier alpha value is -2.80. The fraction of sp³-hybridized carbons (Fsp3) is 0.318. The van der Waals surface area contributed by atoms with E-state index in [4.69, 9.17) is 4.74 Å². The van der Waals surface area contributed by atoms with Crippen LogP contribution in [0.3, 0.4) is 0 Å². The second kappa shape index (κ2) is 8.29. The minimum Gasteiger partial charge on any atom is -0.462 e. The fourth-order valence-corrected chi connectivity index (χ4v) is 4.31. The molecule has 0 saturated carbocycles. The molecule has 7 heteroatoms. The number of carbonyl (C=O) groups is 3. The van der Waals surface area contributed by atoms with E-state index < -0.39 is 0 Å². The van der Waals surface area contributed by atoms with E-state index in [9.17, 15) is 14.4 Å². The molecule has 2 heterocycles. The van der Waals surface area contributed by atoms with Gasteiger partial charge in [-0.2, -0.15) is 0 Å². The molecule has 1 aliphatic heterocycles. The first kappa shape index (κ1) is 20.9. The van der Waals surface area contributed by atoms with Crippen LogP contribution in [0.15, 0.2) is 35.2 Å². The predicted molar refractivity (Wildman–Crippen MR) is 114 cm³/mol. The lowest BCUT2D eigenvalue weighted by atomic mass is 10.2. The second-order valence-corrected chi connectivity index (χ2v) is 8.07. The molecular formula is C22H24N2O4S. The van der Waals surface area contributed by atoms with Crippen molar-refractivity contribution in [1.82, 2.24) is 9.47 Å². The van der Waals surface area contributed by atoms with E-state index in [0.717, 1.165) is 34.4 Å². The number of thioether (sulfide) groups is 1. The number of aromatic nitrogens is 1. The number of hydrogen-bond donors (Lipinski definition) is 0. The summed E-state index contributed by atoms with van der Waals surface area (Å²) in [5, 5.41) is -0.236. The molecule has 0 N–H and O–H groups in total. The van der Waals surface area contributed by atoms with Gasteiger partial charge in [0.05, 0.1) is 17.1 Å². The molecule has 0 spiro atoms. The molecule has 29 heavy (non-hydrogen) atoms. The Balaban J connectivity index is 1.93. The van der Waals surface area contributed by atoms with Crippen molar-refractivity contribution in [2.75, 3.05) is 6.61 Å². The van der Waals surface area contributed by atoms with Gasteiger partial charge in [0.25, 0.3) is 11.1 Å². The number of aryl methyl sites for hydroxylation is 1. The number of rotatable bonds is 5. The second-order valence-electron chi connectivity index (χ2n) is 7.07. The molecule has 0 atom stereocenters. The maximum absolute atomic E-state index is 12.6. The molecule has 0 bridgehead atoms. The van der Waals surface area contributed by atoms with Crippen LogP contribution in [-0.2, 0) is 9.53 Å². The Morgan fingerprint density at radius 3 is 2.38 bits per heavy atom. The summed E-state index contributed by atoms with van der Waals surface area (Å²) in [5.41, 5.74) is 4.22. The Labute approximate surface area is 174 Å². The fourth-order valence-electron chi connectivity index (χ4n) is 3.36. The van der Waals surface area contributed by atoms with Crippen LogP contribution in [0, 0.1) is 13.8 Å². The van der Waals surface area contributed by atoms with E-state index in [-0.39, 0.29) is 23.2 Å². The lowest BCUT2D eigenvalue weighted by Gasteiger charge is -2.16. The van der Waals surface area contributed by atoms with Crippen molar-refractivity contribution in [1.29, 1.82) is 0 Å². The van der Waals surface area contributed by atoms with Crippen molar-refractivity contribution >= 4 is 35.0 Å². The largest absolute Gasteiger partial charge is 0.462 e. The minimum atomic E-state index is -0.346. The van der Waals surface area contributed by atoms with Crippen LogP contribution >= 0.6 is 11.8 Å². The zero-order valence-corrected chi connectivity index (χ0v) is 18.0. The number of esters is 1. The van der Waals surface area contributed by atoms with Gasteiger partial charge in [-0.3, -0.25) is 14.5 Å². The SMILES string of the molecule is CCOC(=O)c1ccc(-n2c(C)cc(C=C3SC(=O)N(C(C)C)C3=O)c2C)cc1. The summed E-state index contributed by atoms with van der Waals surface area (Å²) >= 11 is 0.972. The highest BCUT2D eigenvalue weighted by atomic mass is 32.2. The normalized spacial score (nSPS) is 15.7. The summed E-state index contributed by atoms with van der Waals surface area (Å²) in [6.07, 6.45) is 1.78. The van der Waals surface area contributed by atoms with Crippen molar-refractivity contribution in [3.05, 3.63) is 57.8 Å². The number of hydrogen-bond acceptors (Lipinski definition) is 5. The van der Waals surface area contributed by atoms with Crippen molar-refractivity contribution < 1.29 is 19.1 Å². The zero-order chi connectivity index (χ0) is 21.3. The van der Waals surface area contributed by atoms with Gasteiger partial charge in [-0.25, -0.2) is 4.79 Å². The van der Waals surface area contributed by atoms with Gasteiger partial charge in [0.1, 0.15) is 0 Å². The lowest BCUT2D eigenvalue weighted by molar-refractivity contribution is -0.123. The third kappa shape index (κ3) is 4.00. The van der Waals surface area contributed by atoms with Crippen LogP contribution < -0.4 is 0 Å². The number of nitrogens with zero attached hydrogens (tertiary/aromatic N) is 2. The van der Waals surface area contributed by atoms with Gasteiger partial charge in [-0.15, -0.1) is 0 Å². The van der Waals surface area contributed by atoms with Gasteiger partial charge >= 0.3 is 5.97 Å². The predicted octanol–water partition coefficient (Wildman–Crippen LogP) is 4.72. The van der Waals surface area contributed by atoms with Gasteiger partial charge in [0.2, 0.25) is 0 Å². The van der Waals surface area contributed by atoms with Crippen molar-refractivity contribution in [2.24, 2.45) is 0 Å². The van der Waals surface area contributed by atoms with E-state index in [1.807, 2.05) is 50.5 Å². The minimum absolute atomic E-state index is 0.168. The van der Waals surface area contributed by atoms with Crippen molar-refractivity contribution in [3.63, 3.8) is 0 Å². The van der Waals surface area contributed by atoms with Crippen LogP contribution in [0.2, 0.25) is 0 Å². The summed E-state index contributed by atoms with van der Waals surface area (Å²) in [4.78, 5) is 38.2. The van der Waals surface area contributed by atoms with Crippen molar-refractivity contribution in [2.45, 2.75) is 40.7 Å². The van der Waals surface area contributed by atoms with Gasteiger partial charge in [-0.05, 0) is 88.4 Å². The molecule has 0 aliphatic carbocycles. The van der Waals surface area contributed by atoms with E-state index in [1.54, 1.807) is 25.1 Å². The van der Waals surface area contributed by atoms with Gasteiger partial charge in [-0.1, -0.05) is 0 Å². The summed E-state index contributed by atoms with van der Waals surface area (Å²) in [6.45, 7) is 9.70. The molecular weight excluding hydrogens is 388 g/mol. The molecule has 2 amide bonds. The molecule has 1 saturated heterocycles.